The standard InChI is InChI=1S/C24H31N3O2S/c1-16-5-7-19(27(14-16)22(28)29-23(2,3)4)17-6-8-20-18(13-17)25-21(30-20)24-9-11-26(15-24)12-10-24/h6-8,13,16H,5,9-12,14-15H2,1-4H3. The van der Waals surface area contributed by atoms with E-state index >= 15 is 0 Å². The average molecular weight is 426 g/mol. The number of amides is 1. The van der Waals surface area contributed by atoms with Gasteiger partial charge in [0.05, 0.1) is 15.9 Å². The topological polar surface area (TPSA) is 45.7 Å². The van der Waals surface area contributed by atoms with Crippen molar-refractivity contribution in [3.05, 3.63) is 34.8 Å². The number of carbonyl (C=O) groups excluding carboxylic acids is 1. The Labute approximate surface area is 182 Å². The first-order chi connectivity index (χ1) is 14.2. The lowest BCUT2D eigenvalue weighted by Gasteiger charge is -2.33. The van der Waals surface area contributed by atoms with Crippen molar-refractivity contribution in [2.75, 3.05) is 26.2 Å². The maximum absolute atomic E-state index is 12.9. The molecule has 0 spiro atoms. The Bertz CT molecular complexity index is 1010. The summed E-state index contributed by atoms with van der Waals surface area (Å²) < 4.78 is 6.93. The molecular weight excluding hydrogens is 394 g/mol. The zero-order chi connectivity index (χ0) is 21.1. The summed E-state index contributed by atoms with van der Waals surface area (Å²) in [6.45, 7) is 12.2. The third-order valence-corrected chi connectivity index (χ3v) is 7.87. The summed E-state index contributed by atoms with van der Waals surface area (Å²) in [4.78, 5) is 22.4. The molecule has 1 amide bonds. The minimum Gasteiger partial charge on any atom is -0.443 e. The van der Waals surface area contributed by atoms with Crippen LogP contribution in [-0.2, 0) is 10.2 Å². The lowest BCUT2D eigenvalue weighted by atomic mass is 9.85. The number of fused-ring (bicyclic) bond motifs is 3. The van der Waals surface area contributed by atoms with E-state index in [1.54, 1.807) is 4.90 Å². The third kappa shape index (κ3) is 3.54. The Balaban J connectivity index is 1.47. The number of allylic oxidation sites excluding steroid dienone is 1. The van der Waals surface area contributed by atoms with Gasteiger partial charge in [0, 0.05) is 24.1 Å². The summed E-state index contributed by atoms with van der Waals surface area (Å²) in [6.07, 6.45) is 5.34. The molecule has 0 aliphatic carbocycles. The molecular formula is C24H31N3O2S. The molecule has 3 aliphatic rings. The molecule has 6 heteroatoms. The molecule has 0 saturated carbocycles. The summed E-state index contributed by atoms with van der Waals surface area (Å²) in [7, 11) is 0. The molecule has 3 aliphatic heterocycles. The fraction of sp³-hybridized carbons (Fsp3) is 0.583. The van der Waals surface area contributed by atoms with Gasteiger partial charge in [-0.3, -0.25) is 4.90 Å². The van der Waals surface area contributed by atoms with E-state index in [0.717, 1.165) is 29.7 Å². The van der Waals surface area contributed by atoms with Crippen molar-refractivity contribution in [3.63, 3.8) is 0 Å². The van der Waals surface area contributed by atoms with E-state index in [1.165, 1.54) is 35.6 Å². The molecule has 2 fully saturated rings. The van der Waals surface area contributed by atoms with Crippen LogP contribution in [0.25, 0.3) is 15.9 Å². The van der Waals surface area contributed by atoms with Gasteiger partial charge in [-0.25, -0.2) is 9.78 Å². The maximum atomic E-state index is 12.9. The number of benzene rings is 1. The molecule has 1 aromatic carbocycles. The smallest absolute Gasteiger partial charge is 0.414 e. The highest BCUT2D eigenvalue weighted by atomic mass is 32.1. The number of ether oxygens (including phenoxy) is 1. The molecule has 5 nitrogen and oxygen atoms in total. The molecule has 160 valence electrons. The van der Waals surface area contributed by atoms with Gasteiger partial charge in [-0.2, -0.15) is 0 Å². The van der Waals surface area contributed by atoms with Crippen LogP contribution in [0.4, 0.5) is 4.79 Å². The number of aromatic nitrogens is 1. The zero-order valence-electron chi connectivity index (χ0n) is 18.4. The second kappa shape index (κ2) is 7.06. The Kier molecular flexibility index (Phi) is 4.71. The number of hydrogen-bond acceptors (Lipinski definition) is 5. The Morgan fingerprint density at radius 2 is 2.03 bits per heavy atom. The van der Waals surface area contributed by atoms with Gasteiger partial charge >= 0.3 is 6.09 Å². The van der Waals surface area contributed by atoms with Gasteiger partial charge in [0.1, 0.15) is 10.6 Å². The molecule has 30 heavy (non-hydrogen) atoms. The monoisotopic (exact) mass is 425 g/mol. The zero-order valence-corrected chi connectivity index (χ0v) is 19.2. The first-order valence-corrected chi connectivity index (χ1v) is 11.9. The van der Waals surface area contributed by atoms with Crippen molar-refractivity contribution in [1.29, 1.82) is 0 Å². The maximum Gasteiger partial charge on any atom is 0.414 e. The number of thiazole rings is 1. The SMILES string of the molecule is CC1CC=C(c2ccc3sc(C45CCN(CC4)C5)nc3c2)N(C(=O)OC(C)(C)C)C1. The van der Waals surface area contributed by atoms with Crippen LogP contribution in [0.15, 0.2) is 24.3 Å². The van der Waals surface area contributed by atoms with E-state index in [4.69, 9.17) is 9.72 Å². The van der Waals surface area contributed by atoms with E-state index in [-0.39, 0.29) is 11.5 Å². The van der Waals surface area contributed by atoms with Crippen LogP contribution >= 0.6 is 11.3 Å². The van der Waals surface area contributed by atoms with Crippen molar-refractivity contribution in [2.24, 2.45) is 5.92 Å². The lowest BCUT2D eigenvalue weighted by Crippen LogP contribution is -2.39. The summed E-state index contributed by atoms with van der Waals surface area (Å²) >= 11 is 1.85. The fourth-order valence-electron chi connectivity index (χ4n) is 4.99. The summed E-state index contributed by atoms with van der Waals surface area (Å²) in [5.74, 6) is 0.419. The van der Waals surface area contributed by atoms with Gasteiger partial charge in [0.25, 0.3) is 0 Å². The van der Waals surface area contributed by atoms with Crippen molar-refractivity contribution in [3.8, 4) is 0 Å². The van der Waals surface area contributed by atoms with E-state index in [9.17, 15) is 4.79 Å². The van der Waals surface area contributed by atoms with Crippen LogP contribution in [0.5, 0.6) is 0 Å². The van der Waals surface area contributed by atoms with E-state index in [0.29, 0.717) is 12.5 Å². The fourth-order valence-corrected chi connectivity index (χ4v) is 6.17. The van der Waals surface area contributed by atoms with Crippen LogP contribution in [0.1, 0.15) is 57.5 Å². The van der Waals surface area contributed by atoms with E-state index in [2.05, 4.69) is 36.1 Å². The number of carbonyl (C=O) groups is 1. The Morgan fingerprint density at radius 1 is 1.27 bits per heavy atom. The molecule has 2 bridgehead atoms. The molecule has 1 atom stereocenters. The van der Waals surface area contributed by atoms with Gasteiger partial charge in [0.15, 0.2) is 0 Å². The molecule has 1 unspecified atom stereocenters. The predicted octanol–water partition coefficient (Wildman–Crippen LogP) is 5.26. The lowest BCUT2D eigenvalue weighted by molar-refractivity contribution is 0.0327. The first-order valence-electron chi connectivity index (χ1n) is 11.1. The quantitative estimate of drug-likeness (QED) is 0.658. The minimum atomic E-state index is -0.508. The second-order valence-electron chi connectivity index (χ2n) is 10.3. The van der Waals surface area contributed by atoms with Crippen molar-refractivity contribution in [2.45, 2.75) is 58.0 Å². The van der Waals surface area contributed by atoms with Crippen LogP contribution in [0, 0.1) is 5.92 Å². The van der Waals surface area contributed by atoms with Crippen molar-refractivity contribution in [1.82, 2.24) is 14.8 Å². The molecule has 4 heterocycles. The molecule has 1 aromatic heterocycles. The molecule has 2 aromatic rings. The van der Waals surface area contributed by atoms with E-state index < -0.39 is 5.60 Å². The summed E-state index contributed by atoms with van der Waals surface area (Å²) in [5, 5.41) is 1.30. The highest BCUT2D eigenvalue weighted by Crippen LogP contribution is 2.45. The second-order valence-corrected chi connectivity index (χ2v) is 11.3. The van der Waals surface area contributed by atoms with Crippen LogP contribution in [0.2, 0.25) is 0 Å². The van der Waals surface area contributed by atoms with Gasteiger partial charge in [-0.1, -0.05) is 19.1 Å². The molecule has 0 radical (unpaired) electrons. The number of rotatable bonds is 2. The van der Waals surface area contributed by atoms with Crippen molar-refractivity contribution < 1.29 is 9.53 Å². The van der Waals surface area contributed by atoms with E-state index in [1.807, 2.05) is 32.1 Å². The third-order valence-electron chi connectivity index (χ3n) is 6.59. The van der Waals surface area contributed by atoms with Gasteiger partial charge in [-0.15, -0.1) is 11.3 Å². The van der Waals surface area contributed by atoms with Crippen molar-refractivity contribution >= 4 is 33.3 Å². The summed E-state index contributed by atoms with van der Waals surface area (Å²) in [6, 6.07) is 6.47. The molecule has 2 saturated heterocycles. The first kappa shape index (κ1) is 20.0. The number of hydrogen-bond donors (Lipinski definition) is 0. The largest absolute Gasteiger partial charge is 0.443 e. The van der Waals surface area contributed by atoms with Crippen LogP contribution < -0.4 is 0 Å². The van der Waals surface area contributed by atoms with Gasteiger partial charge in [0.2, 0.25) is 0 Å². The molecule has 0 N–H and O–H groups in total. The highest BCUT2D eigenvalue weighted by molar-refractivity contribution is 7.18. The Morgan fingerprint density at radius 3 is 2.70 bits per heavy atom. The van der Waals surface area contributed by atoms with Crippen LogP contribution in [0.3, 0.4) is 0 Å². The average Bonchev–Trinajstić information content (AvgIpc) is 3.40. The number of nitrogens with zero attached hydrogens (tertiary/aromatic N) is 3. The van der Waals surface area contributed by atoms with Crippen LogP contribution in [-0.4, -0.2) is 52.7 Å². The Hall–Kier alpha value is -1.92. The highest BCUT2D eigenvalue weighted by Gasteiger charge is 2.46. The summed E-state index contributed by atoms with van der Waals surface area (Å²) in [5.41, 5.74) is 2.81. The van der Waals surface area contributed by atoms with Gasteiger partial charge in [-0.05, 0) is 71.2 Å². The molecule has 5 rings (SSSR count). The normalized spacial score (nSPS) is 28.8. The number of piperidine rings is 1. The van der Waals surface area contributed by atoms with Gasteiger partial charge < -0.3 is 9.64 Å². The minimum absolute atomic E-state index is 0.268. The predicted molar refractivity (Wildman–Crippen MR) is 122 cm³/mol.